The second-order valence-corrected chi connectivity index (χ2v) is 6.18. The van der Waals surface area contributed by atoms with Crippen molar-refractivity contribution in [1.29, 1.82) is 0 Å². The van der Waals surface area contributed by atoms with Gasteiger partial charge in [0.1, 0.15) is 0 Å². The number of amides is 1. The van der Waals surface area contributed by atoms with Crippen LogP contribution in [0.25, 0.3) is 0 Å². The number of nitrogens with zero attached hydrogens (tertiary/aromatic N) is 2. The van der Waals surface area contributed by atoms with Crippen LogP contribution < -0.4 is 11.1 Å². The standard InChI is InChI=1S/C14H26N4O/c1-14(2,3)9-11(10-15)13(19)16-7-5-12-6-8-17-18(12)4/h6,8,11H,5,7,9-10,15H2,1-4H3,(H,16,19). The van der Waals surface area contributed by atoms with E-state index in [1.165, 1.54) is 0 Å². The third-order valence-electron chi connectivity index (χ3n) is 3.12. The topological polar surface area (TPSA) is 72.9 Å². The first kappa shape index (κ1) is 15.7. The van der Waals surface area contributed by atoms with Crippen molar-refractivity contribution < 1.29 is 4.79 Å². The first-order valence-corrected chi connectivity index (χ1v) is 6.78. The predicted octanol–water partition coefficient (Wildman–Crippen LogP) is 1.09. The molecule has 1 aromatic rings. The van der Waals surface area contributed by atoms with Crippen molar-refractivity contribution in [3.8, 4) is 0 Å². The van der Waals surface area contributed by atoms with Gasteiger partial charge >= 0.3 is 0 Å². The molecule has 1 amide bonds. The first-order chi connectivity index (χ1) is 8.83. The minimum Gasteiger partial charge on any atom is -0.355 e. The van der Waals surface area contributed by atoms with Gasteiger partial charge in [0.05, 0.1) is 5.92 Å². The molecule has 0 aliphatic rings. The largest absolute Gasteiger partial charge is 0.355 e. The number of aromatic nitrogens is 2. The van der Waals surface area contributed by atoms with Crippen LogP contribution in [-0.4, -0.2) is 28.8 Å². The monoisotopic (exact) mass is 266 g/mol. The lowest BCUT2D eigenvalue weighted by molar-refractivity contribution is -0.125. The Balaban J connectivity index is 2.39. The molecular weight excluding hydrogens is 240 g/mol. The van der Waals surface area contributed by atoms with Gasteiger partial charge in [-0.25, -0.2) is 0 Å². The van der Waals surface area contributed by atoms with E-state index in [0.717, 1.165) is 18.5 Å². The molecule has 1 unspecified atom stereocenters. The fourth-order valence-corrected chi connectivity index (χ4v) is 2.13. The van der Waals surface area contributed by atoms with Crippen molar-refractivity contribution in [3.63, 3.8) is 0 Å². The number of carbonyl (C=O) groups is 1. The summed E-state index contributed by atoms with van der Waals surface area (Å²) in [5.41, 5.74) is 6.92. The molecule has 0 radical (unpaired) electrons. The molecular formula is C14H26N4O. The van der Waals surface area contributed by atoms with Crippen LogP contribution in [0.2, 0.25) is 0 Å². The van der Waals surface area contributed by atoms with Crippen molar-refractivity contribution in [3.05, 3.63) is 18.0 Å². The Kier molecular flexibility index (Phi) is 5.54. The summed E-state index contributed by atoms with van der Waals surface area (Å²) in [6.07, 6.45) is 3.36. The van der Waals surface area contributed by atoms with Crippen LogP contribution in [0, 0.1) is 11.3 Å². The Morgan fingerprint density at radius 2 is 2.21 bits per heavy atom. The Bertz CT molecular complexity index is 406. The maximum Gasteiger partial charge on any atom is 0.224 e. The van der Waals surface area contributed by atoms with Crippen molar-refractivity contribution in [2.45, 2.75) is 33.6 Å². The third kappa shape index (κ3) is 5.42. The molecule has 1 aromatic heterocycles. The summed E-state index contributed by atoms with van der Waals surface area (Å²) in [7, 11) is 1.90. The maximum atomic E-state index is 12.1. The van der Waals surface area contributed by atoms with Gasteiger partial charge in [0.2, 0.25) is 5.91 Å². The molecule has 0 aliphatic carbocycles. The molecule has 0 saturated carbocycles. The van der Waals surface area contributed by atoms with Crippen molar-refractivity contribution in [1.82, 2.24) is 15.1 Å². The molecule has 0 fully saturated rings. The van der Waals surface area contributed by atoms with Gasteiger partial charge in [-0.1, -0.05) is 20.8 Å². The van der Waals surface area contributed by atoms with Gasteiger partial charge in [-0.15, -0.1) is 0 Å². The SMILES string of the molecule is Cn1nccc1CCNC(=O)C(CN)CC(C)(C)C. The van der Waals surface area contributed by atoms with Crippen LogP contribution in [-0.2, 0) is 18.3 Å². The highest BCUT2D eigenvalue weighted by molar-refractivity contribution is 5.78. The van der Waals surface area contributed by atoms with Crippen LogP contribution in [0.3, 0.4) is 0 Å². The van der Waals surface area contributed by atoms with E-state index >= 15 is 0 Å². The highest BCUT2D eigenvalue weighted by atomic mass is 16.1. The predicted molar refractivity (Wildman–Crippen MR) is 76.5 cm³/mol. The van der Waals surface area contributed by atoms with E-state index in [1.54, 1.807) is 6.20 Å². The van der Waals surface area contributed by atoms with Crippen LogP contribution in [0.5, 0.6) is 0 Å². The number of hydrogen-bond acceptors (Lipinski definition) is 3. The molecule has 1 atom stereocenters. The number of nitrogens with two attached hydrogens (primary N) is 1. The Morgan fingerprint density at radius 1 is 1.53 bits per heavy atom. The molecule has 5 heteroatoms. The van der Waals surface area contributed by atoms with Crippen molar-refractivity contribution in [2.75, 3.05) is 13.1 Å². The lowest BCUT2D eigenvalue weighted by Crippen LogP contribution is -2.38. The molecule has 0 aromatic carbocycles. The maximum absolute atomic E-state index is 12.1. The van der Waals surface area contributed by atoms with Gasteiger partial charge in [-0.05, 0) is 17.9 Å². The summed E-state index contributed by atoms with van der Waals surface area (Å²) in [5.74, 6) is -0.0499. The smallest absolute Gasteiger partial charge is 0.224 e. The zero-order valence-electron chi connectivity index (χ0n) is 12.4. The summed E-state index contributed by atoms with van der Waals surface area (Å²) >= 11 is 0. The van der Waals surface area contributed by atoms with Crippen LogP contribution in [0.15, 0.2) is 12.3 Å². The molecule has 19 heavy (non-hydrogen) atoms. The van der Waals surface area contributed by atoms with E-state index in [4.69, 9.17) is 5.73 Å². The molecule has 5 nitrogen and oxygen atoms in total. The Hall–Kier alpha value is -1.36. The average Bonchev–Trinajstić information content (AvgIpc) is 2.71. The van der Waals surface area contributed by atoms with Gasteiger partial charge in [-0.3, -0.25) is 9.48 Å². The second kappa shape index (κ2) is 6.70. The average molecular weight is 266 g/mol. The minimum atomic E-state index is -0.105. The van der Waals surface area contributed by atoms with Crippen molar-refractivity contribution >= 4 is 5.91 Å². The summed E-state index contributed by atoms with van der Waals surface area (Å²) in [6.45, 7) is 7.39. The summed E-state index contributed by atoms with van der Waals surface area (Å²) < 4.78 is 1.82. The van der Waals surface area contributed by atoms with E-state index in [0.29, 0.717) is 13.1 Å². The molecule has 108 valence electrons. The number of carbonyl (C=O) groups excluding carboxylic acids is 1. The molecule has 0 aliphatic heterocycles. The molecule has 0 saturated heterocycles. The van der Waals surface area contributed by atoms with Gasteiger partial charge in [0.25, 0.3) is 0 Å². The van der Waals surface area contributed by atoms with E-state index in [1.807, 2.05) is 17.8 Å². The lowest BCUT2D eigenvalue weighted by Gasteiger charge is -2.24. The van der Waals surface area contributed by atoms with Gasteiger partial charge in [0.15, 0.2) is 0 Å². The molecule has 0 spiro atoms. The summed E-state index contributed by atoms with van der Waals surface area (Å²) in [4.78, 5) is 12.1. The van der Waals surface area contributed by atoms with Crippen LogP contribution in [0.4, 0.5) is 0 Å². The molecule has 0 bridgehead atoms. The van der Waals surface area contributed by atoms with Gasteiger partial charge in [0, 0.05) is 38.4 Å². The fraction of sp³-hybridized carbons (Fsp3) is 0.714. The molecule has 1 rings (SSSR count). The van der Waals surface area contributed by atoms with Crippen molar-refractivity contribution in [2.24, 2.45) is 24.1 Å². The van der Waals surface area contributed by atoms with Gasteiger partial charge in [-0.2, -0.15) is 5.10 Å². The number of nitrogens with one attached hydrogen (secondary N) is 1. The zero-order chi connectivity index (χ0) is 14.5. The number of rotatable bonds is 6. The highest BCUT2D eigenvalue weighted by Crippen LogP contribution is 2.23. The first-order valence-electron chi connectivity index (χ1n) is 6.78. The minimum absolute atomic E-state index is 0.0552. The van der Waals surface area contributed by atoms with Crippen LogP contribution >= 0.6 is 0 Å². The normalized spacial score (nSPS) is 13.3. The Morgan fingerprint density at radius 3 is 2.68 bits per heavy atom. The molecule has 3 N–H and O–H groups in total. The summed E-state index contributed by atoms with van der Waals surface area (Å²) in [6, 6.07) is 1.96. The lowest BCUT2D eigenvalue weighted by atomic mass is 9.84. The molecule has 1 heterocycles. The van der Waals surface area contributed by atoms with Crippen LogP contribution in [0.1, 0.15) is 32.9 Å². The quantitative estimate of drug-likeness (QED) is 0.809. The zero-order valence-corrected chi connectivity index (χ0v) is 12.4. The summed E-state index contributed by atoms with van der Waals surface area (Å²) in [5, 5.41) is 7.06. The van der Waals surface area contributed by atoms with E-state index < -0.39 is 0 Å². The Labute approximate surface area is 115 Å². The second-order valence-electron chi connectivity index (χ2n) is 6.18. The van der Waals surface area contributed by atoms with Gasteiger partial charge < -0.3 is 11.1 Å². The van der Waals surface area contributed by atoms with E-state index in [2.05, 4.69) is 31.2 Å². The van der Waals surface area contributed by atoms with E-state index in [9.17, 15) is 4.79 Å². The number of hydrogen-bond donors (Lipinski definition) is 2. The fourth-order valence-electron chi connectivity index (χ4n) is 2.13. The third-order valence-corrected chi connectivity index (χ3v) is 3.12. The highest BCUT2D eigenvalue weighted by Gasteiger charge is 2.23. The van der Waals surface area contributed by atoms with E-state index in [-0.39, 0.29) is 17.2 Å². The number of aryl methyl sites for hydroxylation is 1.